The SMILES string of the molecule is CO.NCC(=O)NCC(=O)NCC(=O)O.NCC(=O)O.O=C[C@H](O)[C@@H](O)[C@H](O)[C@H](O)CO.[Cl-].[Cl-].[Mg+2]. The molecule has 0 aromatic carbocycles. The maximum atomic E-state index is 10.7. The largest absolute Gasteiger partial charge is 2.00 e. The molecule has 0 spiro atoms. The van der Waals surface area contributed by atoms with Gasteiger partial charge < -0.3 is 92.6 Å². The Balaban J connectivity index is -0.0000000665. The van der Waals surface area contributed by atoms with Gasteiger partial charge in [0.15, 0.2) is 6.29 Å². The van der Waals surface area contributed by atoms with Crippen LogP contribution in [0.3, 0.4) is 0 Å². The van der Waals surface area contributed by atoms with Crippen molar-refractivity contribution < 1.29 is 89.6 Å². The Morgan fingerprint density at radius 1 is 0.800 bits per heavy atom. The molecule has 0 bridgehead atoms. The molecule has 2 amide bonds. The number of aliphatic hydroxyl groups excluding tert-OH is 6. The first-order valence-electron chi connectivity index (χ1n) is 8.48. The van der Waals surface area contributed by atoms with Crippen molar-refractivity contribution in [3.8, 4) is 0 Å². The average molecular weight is 572 g/mol. The fourth-order valence-electron chi connectivity index (χ4n) is 1.11. The molecule has 0 aliphatic rings. The molecule has 0 fully saturated rings. The molecule has 20 heteroatoms. The third-order valence-corrected chi connectivity index (χ3v) is 2.66. The number of amides is 2. The molecule has 0 aliphatic carbocycles. The Labute approximate surface area is 228 Å². The zero-order chi connectivity index (χ0) is 26.3. The molecule has 14 N–H and O–H groups in total. The van der Waals surface area contributed by atoms with Crippen molar-refractivity contribution in [2.24, 2.45) is 11.5 Å². The molecule has 0 unspecified atom stereocenters. The maximum absolute atomic E-state index is 10.7. The molecular formula is C15H32Cl2MgN4O13. The van der Waals surface area contributed by atoms with Crippen molar-refractivity contribution in [3.63, 3.8) is 0 Å². The summed E-state index contributed by atoms with van der Waals surface area (Å²) in [4.78, 5) is 50.4. The summed E-state index contributed by atoms with van der Waals surface area (Å²) in [6.45, 7) is -1.96. The summed E-state index contributed by atoms with van der Waals surface area (Å²) < 4.78 is 0. The molecule has 0 rings (SSSR count). The normalized spacial score (nSPS) is 11.8. The van der Waals surface area contributed by atoms with Gasteiger partial charge in [0.05, 0.1) is 26.2 Å². The summed E-state index contributed by atoms with van der Waals surface area (Å²) in [5.41, 5.74) is 9.51. The van der Waals surface area contributed by atoms with E-state index in [1.807, 2.05) is 0 Å². The molecule has 206 valence electrons. The van der Waals surface area contributed by atoms with E-state index in [1.165, 1.54) is 0 Å². The molecule has 4 atom stereocenters. The molecular weight excluding hydrogens is 539 g/mol. The van der Waals surface area contributed by atoms with Crippen molar-refractivity contribution in [3.05, 3.63) is 0 Å². The number of nitrogens with two attached hydrogens (primary N) is 2. The van der Waals surface area contributed by atoms with Gasteiger partial charge in [0.1, 0.15) is 31.0 Å². The molecule has 0 saturated carbocycles. The molecule has 17 nitrogen and oxygen atoms in total. The van der Waals surface area contributed by atoms with Crippen LogP contribution in [0.5, 0.6) is 0 Å². The van der Waals surface area contributed by atoms with Crippen LogP contribution in [0.15, 0.2) is 0 Å². The summed E-state index contributed by atoms with van der Waals surface area (Å²) in [7, 11) is 1.00. The minimum Gasteiger partial charge on any atom is -1.00 e. The zero-order valence-electron chi connectivity index (χ0n) is 18.7. The number of hydrogen-bond acceptors (Lipinski definition) is 13. The van der Waals surface area contributed by atoms with Gasteiger partial charge >= 0.3 is 35.0 Å². The fourth-order valence-corrected chi connectivity index (χ4v) is 1.11. The predicted octanol–water partition coefficient (Wildman–Crippen LogP) is -13.9. The monoisotopic (exact) mass is 570 g/mol. The van der Waals surface area contributed by atoms with E-state index in [0.717, 1.165) is 7.11 Å². The first-order chi connectivity index (χ1) is 14.9. The number of carbonyl (C=O) groups excluding carboxylic acids is 3. The second-order valence-electron chi connectivity index (χ2n) is 5.11. The number of rotatable bonds is 11. The van der Waals surface area contributed by atoms with Crippen LogP contribution in [0.1, 0.15) is 0 Å². The number of hydrogen-bond donors (Lipinski definition) is 12. The third-order valence-electron chi connectivity index (χ3n) is 2.66. The third kappa shape index (κ3) is 37.3. The first-order valence-corrected chi connectivity index (χ1v) is 8.48. The van der Waals surface area contributed by atoms with Gasteiger partial charge in [-0.25, -0.2) is 0 Å². The summed E-state index contributed by atoms with van der Waals surface area (Å²) in [5, 5.41) is 70.6. The topological polar surface area (TPSA) is 323 Å². The van der Waals surface area contributed by atoms with E-state index >= 15 is 0 Å². The van der Waals surface area contributed by atoms with Crippen molar-refractivity contribution in [1.82, 2.24) is 10.6 Å². The smallest absolute Gasteiger partial charge is 1.00 e. The van der Waals surface area contributed by atoms with Gasteiger partial charge in [0, 0.05) is 7.11 Å². The number of carboxylic acid groups (broad SMARTS) is 2. The number of carboxylic acids is 2. The number of aldehydes is 1. The van der Waals surface area contributed by atoms with Gasteiger partial charge in [-0.15, -0.1) is 0 Å². The molecule has 0 aliphatic heterocycles. The Morgan fingerprint density at radius 2 is 1.20 bits per heavy atom. The Hall–Kier alpha value is -1.42. The Bertz CT molecular complexity index is 553. The molecule has 0 saturated heterocycles. The average Bonchev–Trinajstić information content (AvgIpc) is 2.80. The van der Waals surface area contributed by atoms with E-state index in [1.54, 1.807) is 0 Å². The minimum absolute atomic E-state index is 0. The van der Waals surface area contributed by atoms with Gasteiger partial charge in [-0.2, -0.15) is 0 Å². The predicted molar refractivity (Wildman–Crippen MR) is 110 cm³/mol. The van der Waals surface area contributed by atoms with Gasteiger partial charge in [0.2, 0.25) is 11.8 Å². The zero-order valence-corrected chi connectivity index (χ0v) is 21.6. The summed E-state index contributed by atoms with van der Waals surface area (Å²) >= 11 is 0. The molecule has 0 radical (unpaired) electrons. The van der Waals surface area contributed by atoms with Crippen molar-refractivity contribution in [2.75, 3.05) is 39.9 Å². The van der Waals surface area contributed by atoms with Gasteiger partial charge in [-0.3, -0.25) is 19.2 Å². The van der Waals surface area contributed by atoms with Crippen molar-refractivity contribution >= 4 is 53.1 Å². The van der Waals surface area contributed by atoms with Crippen LogP contribution in [-0.4, -0.2) is 158 Å². The van der Waals surface area contributed by atoms with Gasteiger partial charge in [0.25, 0.3) is 0 Å². The van der Waals surface area contributed by atoms with Gasteiger partial charge in [-0.1, -0.05) is 0 Å². The number of halogens is 2. The second kappa shape index (κ2) is 34.7. The minimum atomic E-state index is -1.79. The maximum Gasteiger partial charge on any atom is 2.00 e. The van der Waals surface area contributed by atoms with E-state index in [0.29, 0.717) is 0 Å². The molecule has 35 heavy (non-hydrogen) atoms. The number of nitrogens with one attached hydrogen (secondary N) is 2. The van der Waals surface area contributed by atoms with E-state index < -0.39 is 61.3 Å². The fraction of sp³-hybridized carbons (Fsp3) is 0.667. The number of aliphatic hydroxyl groups is 6. The summed E-state index contributed by atoms with van der Waals surface area (Å²) in [6, 6.07) is 0. The van der Waals surface area contributed by atoms with Crippen LogP contribution in [0, 0.1) is 0 Å². The van der Waals surface area contributed by atoms with Crippen molar-refractivity contribution in [2.45, 2.75) is 24.4 Å². The van der Waals surface area contributed by atoms with Gasteiger partial charge in [-0.05, 0) is 0 Å². The Kier molecular flexibility index (Phi) is 50.1. The molecule has 0 aromatic heterocycles. The summed E-state index contributed by atoms with van der Waals surface area (Å²) in [5.74, 6) is -3.14. The van der Waals surface area contributed by atoms with E-state index in [4.69, 9.17) is 46.6 Å². The van der Waals surface area contributed by atoms with E-state index in [9.17, 15) is 24.0 Å². The van der Waals surface area contributed by atoms with Crippen LogP contribution in [0.2, 0.25) is 0 Å². The summed E-state index contributed by atoms with van der Waals surface area (Å²) in [6.07, 6.45) is -6.84. The van der Waals surface area contributed by atoms with E-state index in [-0.39, 0.29) is 73.8 Å². The van der Waals surface area contributed by atoms with Crippen LogP contribution in [0.4, 0.5) is 0 Å². The first kappa shape index (κ1) is 50.4. The van der Waals surface area contributed by atoms with Crippen molar-refractivity contribution in [1.29, 1.82) is 0 Å². The van der Waals surface area contributed by atoms with Crippen LogP contribution < -0.4 is 46.9 Å². The van der Waals surface area contributed by atoms with Crippen LogP contribution in [0.25, 0.3) is 0 Å². The second-order valence-corrected chi connectivity index (χ2v) is 5.11. The standard InChI is InChI=1S/C6H11N3O4.C6H12O6.C2H5NO2.CH4O.2ClH.Mg/c7-1-4(10)8-2-5(11)9-3-6(12)13;7-1-3(9)5(11)6(12)4(10)2-8;3-1-2(4)5;1-2;;;/h1-3,7H2,(H,8,10)(H,9,11)(H,12,13);1,3-6,8-12H,2H2;1,3H2,(H,4,5);2H,1H3;2*1H;/q;;;;;;+2/p-2/t;3-,4+,5+,6+;;;;;/m.0...../s1. The van der Waals surface area contributed by atoms with E-state index in [2.05, 4.69) is 16.4 Å². The van der Waals surface area contributed by atoms with Crippen LogP contribution in [-0.2, 0) is 24.0 Å². The number of aliphatic carboxylic acids is 2. The molecule has 0 heterocycles. The Morgan fingerprint density at radius 3 is 1.49 bits per heavy atom. The molecule has 0 aromatic rings. The number of carbonyl (C=O) groups is 5. The quantitative estimate of drug-likeness (QED) is 0.0808. The van der Waals surface area contributed by atoms with Crippen LogP contribution >= 0.6 is 0 Å².